The van der Waals surface area contributed by atoms with Gasteiger partial charge < -0.3 is 4.57 Å². The van der Waals surface area contributed by atoms with Crippen LogP contribution in [0.1, 0.15) is 47.1 Å². The summed E-state index contributed by atoms with van der Waals surface area (Å²) in [5.74, 6) is 0. The van der Waals surface area contributed by atoms with Crippen molar-refractivity contribution in [3.63, 3.8) is 0 Å². The Morgan fingerprint density at radius 1 is 0.475 bits per heavy atom. The molecule has 0 unspecified atom stereocenters. The lowest BCUT2D eigenvalue weighted by Gasteiger charge is -2.24. The van der Waals surface area contributed by atoms with E-state index in [2.05, 4.69) is 149 Å². The molecule has 6 aromatic carbocycles. The van der Waals surface area contributed by atoms with Crippen LogP contribution >= 0.6 is 0 Å². The van der Waals surface area contributed by atoms with Crippen LogP contribution in [0.4, 0.5) is 0 Å². The van der Waals surface area contributed by atoms with Crippen LogP contribution in [0, 0.1) is 5.41 Å². The van der Waals surface area contributed by atoms with Gasteiger partial charge in [-0.05, 0) is 99.8 Å². The summed E-state index contributed by atoms with van der Waals surface area (Å²) in [5, 5.41) is 10.7. The first-order chi connectivity index (χ1) is 19.1. The van der Waals surface area contributed by atoms with Gasteiger partial charge >= 0.3 is 0 Å². The Labute approximate surface area is 237 Å². The highest BCUT2D eigenvalue weighted by molar-refractivity contribution is 6.26. The molecule has 0 fully saturated rings. The molecule has 198 valence electrons. The van der Waals surface area contributed by atoms with E-state index in [0.29, 0.717) is 0 Å². The molecule has 0 saturated heterocycles. The zero-order chi connectivity index (χ0) is 27.8. The zero-order valence-electron chi connectivity index (χ0n) is 24.5. The number of benzene rings is 6. The quantitative estimate of drug-likeness (QED) is 0.200. The average Bonchev–Trinajstić information content (AvgIpc) is 3.26. The monoisotopic (exact) mass is 519 g/mol. The molecule has 1 heterocycles. The summed E-state index contributed by atoms with van der Waals surface area (Å²) in [4.78, 5) is 0. The van der Waals surface area contributed by atoms with Gasteiger partial charge in [-0.15, -0.1) is 0 Å². The van der Waals surface area contributed by atoms with Crippen molar-refractivity contribution in [3.05, 3.63) is 109 Å². The minimum Gasteiger partial charge on any atom is -0.335 e. The van der Waals surface area contributed by atoms with Crippen LogP contribution in [-0.2, 0) is 12.0 Å². The number of aromatic nitrogens is 1. The Kier molecular flexibility index (Phi) is 5.42. The van der Waals surface area contributed by atoms with E-state index in [1.807, 2.05) is 0 Å². The van der Waals surface area contributed by atoms with Gasteiger partial charge in [0, 0.05) is 21.8 Å². The molecule has 1 aromatic heterocycles. The highest BCUT2D eigenvalue weighted by Crippen LogP contribution is 2.41. The van der Waals surface area contributed by atoms with Crippen molar-refractivity contribution in [2.75, 3.05) is 0 Å². The van der Waals surface area contributed by atoms with Gasteiger partial charge in [0.15, 0.2) is 0 Å². The number of para-hydroxylation sites is 1. The Bertz CT molecular complexity index is 2060. The summed E-state index contributed by atoms with van der Waals surface area (Å²) in [6.07, 6.45) is 1.06. The lowest BCUT2D eigenvalue weighted by molar-refractivity contribution is 0.413. The van der Waals surface area contributed by atoms with Crippen molar-refractivity contribution in [1.82, 2.24) is 4.57 Å². The van der Waals surface area contributed by atoms with Crippen LogP contribution in [0.3, 0.4) is 0 Å². The van der Waals surface area contributed by atoms with Crippen LogP contribution in [0.2, 0.25) is 0 Å². The van der Waals surface area contributed by atoms with Crippen LogP contribution in [0.25, 0.3) is 65.3 Å². The van der Waals surface area contributed by atoms with E-state index in [9.17, 15) is 0 Å². The van der Waals surface area contributed by atoms with Crippen molar-refractivity contribution in [1.29, 1.82) is 0 Å². The first kappa shape index (κ1) is 24.9. The lowest BCUT2D eigenvalue weighted by Crippen LogP contribution is -2.21. The maximum absolute atomic E-state index is 2.50. The van der Waals surface area contributed by atoms with Crippen molar-refractivity contribution in [2.24, 2.45) is 5.41 Å². The molecule has 0 radical (unpaired) electrons. The van der Waals surface area contributed by atoms with Gasteiger partial charge in [0.1, 0.15) is 0 Å². The van der Waals surface area contributed by atoms with Gasteiger partial charge in [0.25, 0.3) is 0 Å². The summed E-state index contributed by atoms with van der Waals surface area (Å²) in [6, 6.07) is 38.7. The first-order valence-electron chi connectivity index (χ1n) is 14.5. The highest BCUT2D eigenvalue weighted by atomic mass is 15.0. The highest BCUT2D eigenvalue weighted by Gasteiger charge is 2.21. The summed E-state index contributed by atoms with van der Waals surface area (Å²) in [7, 11) is 0. The number of rotatable bonds is 2. The molecule has 0 aliphatic carbocycles. The van der Waals surface area contributed by atoms with Gasteiger partial charge in [-0.1, -0.05) is 106 Å². The van der Waals surface area contributed by atoms with Crippen LogP contribution in [0.15, 0.2) is 103 Å². The maximum Gasteiger partial charge on any atom is 0.0502 e. The normalized spacial score (nSPS) is 12.8. The standard InChI is InChI=1S/C39H37N/c1-38(2,3)24-27-12-11-16-33-29-20-18-25(22-34(29)28-13-7-8-15-32(28)37(27)33)26-19-21-31-30-14-9-10-17-35(30)40(36(31)23-26)39(4,5)6/h7-23H,24H2,1-6H3. The number of hydrogen-bond acceptors (Lipinski definition) is 0. The van der Waals surface area contributed by atoms with E-state index in [0.717, 1.165) is 6.42 Å². The molecule has 7 aromatic rings. The van der Waals surface area contributed by atoms with Gasteiger partial charge in [-0.25, -0.2) is 0 Å². The molecule has 0 saturated carbocycles. The Hall–Kier alpha value is -4.10. The molecule has 0 aliphatic rings. The largest absolute Gasteiger partial charge is 0.335 e. The van der Waals surface area contributed by atoms with Crippen molar-refractivity contribution in [3.8, 4) is 11.1 Å². The molecule has 7 rings (SSSR count). The fourth-order valence-corrected chi connectivity index (χ4v) is 6.85. The average molecular weight is 520 g/mol. The molecule has 0 atom stereocenters. The third-order valence-electron chi connectivity index (χ3n) is 8.35. The molecular formula is C39H37N. The lowest BCUT2D eigenvalue weighted by atomic mass is 9.83. The third-order valence-corrected chi connectivity index (χ3v) is 8.35. The maximum atomic E-state index is 2.50. The topological polar surface area (TPSA) is 4.93 Å². The molecule has 0 aliphatic heterocycles. The third kappa shape index (κ3) is 3.91. The van der Waals surface area contributed by atoms with E-state index in [-0.39, 0.29) is 11.0 Å². The number of fused-ring (bicyclic) bond motifs is 9. The number of nitrogens with zero attached hydrogens (tertiary/aromatic N) is 1. The molecule has 1 heteroatoms. The first-order valence-corrected chi connectivity index (χ1v) is 14.5. The van der Waals surface area contributed by atoms with Gasteiger partial charge in [0.2, 0.25) is 0 Å². The predicted octanol–water partition coefficient (Wildman–Crippen LogP) is 11.3. The van der Waals surface area contributed by atoms with Gasteiger partial charge in [-0.3, -0.25) is 0 Å². The summed E-state index contributed by atoms with van der Waals surface area (Å²) in [5.41, 5.74) is 6.74. The second kappa shape index (κ2) is 8.70. The molecule has 40 heavy (non-hydrogen) atoms. The van der Waals surface area contributed by atoms with Gasteiger partial charge in [-0.2, -0.15) is 0 Å². The Balaban J connectivity index is 1.50. The SMILES string of the molecule is CC(C)(C)Cc1cccc2c3ccc(-c4ccc5c6ccccc6n(C(C)(C)C)c5c4)cc3c3ccccc3c12. The summed E-state index contributed by atoms with van der Waals surface area (Å²) in [6.45, 7) is 13.9. The second-order valence-corrected chi connectivity index (χ2v) is 13.6. The summed E-state index contributed by atoms with van der Waals surface area (Å²) >= 11 is 0. The van der Waals surface area contributed by atoms with E-state index in [1.165, 1.54) is 70.8 Å². The minimum absolute atomic E-state index is 0.0246. The molecule has 0 bridgehead atoms. The van der Waals surface area contributed by atoms with Crippen molar-refractivity contribution in [2.45, 2.75) is 53.5 Å². The van der Waals surface area contributed by atoms with Crippen LogP contribution < -0.4 is 0 Å². The summed E-state index contributed by atoms with van der Waals surface area (Å²) < 4.78 is 2.50. The predicted molar refractivity (Wildman–Crippen MR) is 176 cm³/mol. The Morgan fingerprint density at radius 2 is 1.02 bits per heavy atom. The molecule has 0 spiro atoms. The van der Waals surface area contributed by atoms with E-state index in [4.69, 9.17) is 0 Å². The van der Waals surface area contributed by atoms with Gasteiger partial charge in [0.05, 0.1) is 5.52 Å². The smallest absolute Gasteiger partial charge is 0.0502 e. The molecule has 0 N–H and O–H groups in total. The van der Waals surface area contributed by atoms with Crippen LogP contribution in [0.5, 0.6) is 0 Å². The minimum atomic E-state index is -0.0246. The fraction of sp³-hybridized carbons (Fsp3) is 0.231. The van der Waals surface area contributed by atoms with E-state index < -0.39 is 0 Å². The number of hydrogen-bond donors (Lipinski definition) is 0. The Morgan fingerprint density at radius 3 is 1.73 bits per heavy atom. The second-order valence-electron chi connectivity index (χ2n) is 13.6. The fourth-order valence-electron chi connectivity index (χ4n) is 6.85. The molecule has 0 amide bonds. The van der Waals surface area contributed by atoms with E-state index in [1.54, 1.807) is 0 Å². The van der Waals surface area contributed by atoms with Crippen molar-refractivity contribution < 1.29 is 0 Å². The van der Waals surface area contributed by atoms with Crippen molar-refractivity contribution >= 4 is 54.1 Å². The van der Waals surface area contributed by atoms with Crippen LogP contribution in [-0.4, -0.2) is 4.57 Å². The zero-order valence-corrected chi connectivity index (χ0v) is 24.5. The molecule has 1 nitrogen and oxygen atoms in total. The molecular weight excluding hydrogens is 482 g/mol. The van der Waals surface area contributed by atoms with E-state index >= 15 is 0 Å².